The van der Waals surface area contributed by atoms with Crippen LogP contribution in [-0.4, -0.2) is 36.2 Å². The van der Waals surface area contributed by atoms with Gasteiger partial charge in [-0.25, -0.2) is 21.9 Å². The van der Waals surface area contributed by atoms with Crippen molar-refractivity contribution in [3.8, 4) is 6.07 Å². The van der Waals surface area contributed by atoms with Gasteiger partial charge in [0.2, 0.25) is 5.91 Å². The van der Waals surface area contributed by atoms with Crippen LogP contribution in [-0.2, 0) is 14.8 Å². The van der Waals surface area contributed by atoms with Gasteiger partial charge in [0.05, 0.1) is 23.0 Å². The molecule has 0 saturated heterocycles. The summed E-state index contributed by atoms with van der Waals surface area (Å²) >= 11 is 0. The molecule has 0 spiro atoms. The Balaban J connectivity index is 0.00000240. The first-order chi connectivity index (χ1) is 13.6. The molecule has 0 bridgehead atoms. The first-order valence-corrected chi connectivity index (χ1v) is 9.86. The van der Waals surface area contributed by atoms with E-state index < -0.39 is 45.3 Å². The fraction of sp³-hybridized carbons (Fsp3) is 0.222. The number of aromatic nitrogens is 1. The van der Waals surface area contributed by atoms with Gasteiger partial charge < -0.3 is 10.6 Å². The monoisotopic (exact) mass is 421 g/mol. The second-order valence-electron chi connectivity index (χ2n) is 6.41. The van der Waals surface area contributed by atoms with E-state index >= 15 is 0 Å². The molecule has 29 heavy (non-hydrogen) atoms. The number of nitriles is 1. The molecule has 3 rings (SSSR count). The van der Waals surface area contributed by atoms with Crippen molar-refractivity contribution in [3.05, 3.63) is 53.1 Å². The van der Waals surface area contributed by atoms with E-state index in [2.05, 4.69) is 15.6 Å². The van der Waals surface area contributed by atoms with Crippen molar-refractivity contribution < 1.29 is 25.3 Å². The van der Waals surface area contributed by atoms with Crippen molar-refractivity contribution in [1.29, 1.82) is 5.26 Å². The number of pyridine rings is 1. The molecule has 1 aromatic carbocycles. The number of benzene rings is 1. The van der Waals surface area contributed by atoms with Gasteiger partial charge in [-0.05, 0) is 43.7 Å². The Labute approximate surface area is 169 Å². The number of nitrogens with zero attached hydrogens (tertiary/aromatic N) is 3. The Morgan fingerprint density at radius 3 is 2.83 bits per heavy atom. The number of aryl methyl sites for hydroxylation is 1. The van der Waals surface area contributed by atoms with Crippen LogP contribution >= 0.6 is 0 Å². The van der Waals surface area contributed by atoms with E-state index in [1.54, 1.807) is 19.9 Å². The number of anilines is 1. The smallest absolute Gasteiger partial charge is 0.336 e. The highest BCUT2D eigenvalue weighted by molar-refractivity contribution is 7.90. The SMILES string of the molecule is Cc1cc(C#N)cnc1[C@@H](C)NC(=O)CN1C(=O)Nc2ccc(F)cc2S1(=O)=O.[HH].[HH]. The van der Waals surface area contributed by atoms with Crippen molar-refractivity contribution in [1.82, 2.24) is 14.6 Å². The summed E-state index contributed by atoms with van der Waals surface area (Å²) in [6, 6.07) is 4.89. The Hall–Kier alpha value is -3.52. The van der Waals surface area contributed by atoms with Gasteiger partial charge in [0.25, 0.3) is 10.0 Å². The molecule has 0 fully saturated rings. The molecule has 1 aliphatic heterocycles. The van der Waals surface area contributed by atoms with Gasteiger partial charge >= 0.3 is 6.03 Å². The number of sulfonamides is 1. The van der Waals surface area contributed by atoms with Crippen LogP contribution in [0.15, 0.2) is 35.4 Å². The van der Waals surface area contributed by atoms with E-state index in [0.29, 0.717) is 21.1 Å². The van der Waals surface area contributed by atoms with Gasteiger partial charge in [0.1, 0.15) is 23.3 Å². The van der Waals surface area contributed by atoms with Crippen LogP contribution in [0.5, 0.6) is 0 Å². The van der Waals surface area contributed by atoms with E-state index in [4.69, 9.17) is 5.26 Å². The predicted octanol–water partition coefficient (Wildman–Crippen LogP) is 2.31. The molecule has 2 N–H and O–H groups in total. The summed E-state index contributed by atoms with van der Waals surface area (Å²) in [5.74, 6) is -1.54. The first kappa shape index (κ1) is 20.2. The molecule has 1 atom stereocenters. The van der Waals surface area contributed by atoms with Gasteiger partial charge in [-0.2, -0.15) is 5.26 Å². The number of rotatable bonds is 4. The normalized spacial score (nSPS) is 15.7. The van der Waals surface area contributed by atoms with E-state index in [1.165, 1.54) is 6.20 Å². The standard InChI is InChI=1S/C18H16FN5O4S.2H2/c1-10-5-12(7-20)8-21-17(10)11(2)22-16(25)9-24-18(26)23-14-4-3-13(19)6-15(14)29(24,27)28;;/h3-6,8,11H,9H2,1-2H3,(H,22,25)(H,23,26);2*1H/t11-;;/m1../s1. The molecular weight excluding hydrogens is 401 g/mol. The number of urea groups is 1. The van der Waals surface area contributed by atoms with Crippen LogP contribution in [0.2, 0.25) is 0 Å². The number of fused-ring (bicyclic) bond motifs is 1. The maximum absolute atomic E-state index is 13.5. The van der Waals surface area contributed by atoms with Crippen LogP contribution < -0.4 is 10.6 Å². The van der Waals surface area contributed by atoms with Gasteiger partial charge in [0, 0.05) is 9.05 Å². The third kappa shape index (κ3) is 3.88. The number of nitrogens with one attached hydrogen (secondary N) is 2. The van der Waals surface area contributed by atoms with Crippen molar-refractivity contribution >= 4 is 27.6 Å². The molecule has 3 amide bonds. The highest BCUT2D eigenvalue weighted by Gasteiger charge is 2.38. The van der Waals surface area contributed by atoms with Gasteiger partial charge in [-0.3, -0.25) is 9.78 Å². The number of amides is 3. The van der Waals surface area contributed by atoms with Crippen molar-refractivity contribution in [3.63, 3.8) is 0 Å². The molecule has 0 radical (unpaired) electrons. The fourth-order valence-electron chi connectivity index (χ4n) is 2.96. The molecule has 0 unspecified atom stereocenters. The number of carbonyl (C=O) groups excluding carboxylic acids is 2. The first-order valence-electron chi connectivity index (χ1n) is 8.42. The maximum Gasteiger partial charge on any atom is 0.336 e. The highest BCUT2D eigenvalue weighted by Crippen LogP contribution is 2.30. The van der Waals surface area contributed by atoms with Gasteiger partial charge in [0.15, 0.2) is 0 Å². The largest absolute Gasteiger partial charge is 0.346 e. The third-order valence-corrected chi connectivity index (χ3v) is 6.07. The van der Waals surface area contributed by atoms with Crippen LogP contribution in [0, 0.1) is 24.1 Å². The average molecular weight is 421 g/mol. The van der Waals surface area contributed by atoms with Crippen molar-refractivity contribution in [2.75, 3.05) is 11.9 Å². The summed E-state index contributed by atoms with van der Waals surface area (Å²) in [7, 11) is -4.40. The zero-order valence-corrected chi connectivity index (χ0v) is 16.2. The van der Waals surface area contributed by atoms with Crippen LogP contribution in [0.3, 0.4) is 0 Å². The molecule has 11 heteroatoms. The summed E-state index contributed by atoms with van der Waals surface area (Å²) in [4.78, 5) is 28.3. The van der Waals surface area contributed by atoms with E-state index in [1.807, 2.05) is 6.07 Å². The Bertz CT molecular complexity index is 1170. The van der Waals surface area contributed by atoms with Crippen molar-refractivity contribution in [2.24, 2.45) is 0 Å². The number of hydrogen-bond acceptors (Lipinski definition) is 6. The Kier molecular flexibility index (Phi) is 5.21. The topological polar surface area (TPSA) is 132 Å². The molecule has 2 aromatic rings. The number of halogens is 1. The molecule has 1 aromatic heterocycles. The lowest BCUT2D eigenvalue weighted by atomic mass is 10.1. The summed E-state index contributed by atoms with van der Waals surface area (Å²) in [6.45, 7) is 2.57. The molecule has 154 valence electrons. The second kappa shape index (κ2) is 7.48. The minimum Gasteiger partial charge on any atom is -0.346 e. The van der Waals surface area contributed by atoms with E-state index in [-0.39, 0.29) is 8.54 Å². The quantitative estimate of drug-likeness (QED) is 0.778. The molecular formula is C18H20FN5O4S. The zero-order chi connectivity index (χ0) is 21.3. The maximum atomic E-state index is 13.5. The van der Waals surface area contributed by atoms with Gasteiger partial charge in [-0.15, -0.1) is 0 Å². The second-order valence-corrected chi connectivity index (χ2v) is 8.24. The molecule has 9 nitrogen and oxygen atoms in total. The minimum atomic E-state index is -4.40. The zero-order valence-electron chi connectivity index (χ0n) is 15.4. The minimum absolute atomic E-state index is 0. The number of hydrogen-bond donors (Lipinski definition) is 2. The Morgan fingerprint density at radius 2 is 2.17 bits per heavy atom. The average Bonchev–Trinajstić information content (AvgIpc) is 2.65. The molecule has 2 heterocycles. The van der Waals surface area contributed by atoms with Crippen molar-refractivity contribution in [2.45, 2.75) is 24.8 Å². The highest BCUT2D eigenvalue weighted by atomic mass is 32.2. The summed E-state index contributed by atoms with van der Waals surface area (Å²) in [5, 5.41) is 13.8. The summed E-state index contributed by atoms with van der Waals surface area (Å²) in [6.07, 6.45) is 1.36. The summed E-state index contributed by atoms with van der Waals surface area (Å²) in [5.41, 5.74) is 1.48. The Morgan fingerprint density at radius 1 is 1.45 bits per heavy atom. The van der Waals surface area contributed by atoms with E-state index in [0.717, 1.165) is 18.2 Å². The summed E-state index contributed by atoms with van der Waals surface area (Å²) < 4.78 is 39.1. The van der Waals surface area contributed by atoms with Crippen LogP contribution in [0.4, 0.5) is 14.9 Å². The molecule has 0 aliphatic carbocycles. The molecule has 1 aliphatic rings. The van der Waals surface area contributed by atoms with Crippen LogP contribution in [0.1, 0.15) is 32.6 Å². The lowest BCUT2D eigenvalue weighted by Gasteiger charge is -2.28. The third-order valence-electron chi connectivity index (χ3n) is 4.30. The molecule has 0 saturated carbocycles. The van der Waals surface area contributed by atoms with Gasteiger partial charge in [-0.1, -0.05) is 0 Å². The predicted molar refractivity (Wildman–Crippen MR) is 104 cm³/mol. The fourth-order valence-corrected chi connectivity index (χ4v) is 4.41. The lowest BCUT2D eigenvalue weighted by Crippen LogP contribution is -2.49. The lowest BCUT2D eigenvalue weighted by molar-refractivity contribution is -0.121. The van der Waals surface area contributed by atoms with Crippen LogP contribution in [0.25, 0.3) is 0 Å². The number of carbonyl (C=O) groups is 2. The van der Waals surface area contributed by atoms with E-state index in [9.17, 15) is 22.4 Å².